The molecule has 1 aliphatic heterocycles. The lowest BCUT2D eigenvalue weighted by molar-refractivity contribution is -0.142. The summed E-state index contributed by atoms with van der Waals surface area (Å²) in [6.45, 7) is 0.681. The predicted octanol–water partition coefficient (Wildman–Crippen LogP) is 0.343. The fourth-order valence-electron chi connectivity index (χ4n) is 2.19. The number of carbonyl (C=O) groups is 2. The Morgan fingerprint density at radius 2 is 2.32 bits per heavy atom. The summed E-state index contributed by atoms with van der Waals surface area (Å²) in [4.78, 5) is 28.5. The minimum atomic E-state index is -0.947. The number of carboxylic acid groups (broad SMARTS) is 1. The molecule has 1 fully saturated rings. The second kappa shape index (κ2) is 6.17. The van der Waals surface area contributed by atoms with Gasteiger partial charge in [-0.2, -0.15) is 5.10 Å². The maximum atomic E-state index is 12.1. The number of aromatic nitrogens is 3. The number of aliphatic carboxylic acids is 1. The molecular formula is C11H17N5O3. The highest BCUT2D eigenvalue weighted by Crippen LogP contribution is 2.17. The first-order valence-corrected chi connectivity index (χ1v) is 6.30. The van der Waals surface area contributed by atoms with Crippen LogP contribution in [0.5, 0.6) is 0 Å². The number of rotatable bonds is 3. The molecule has 0 aliphatic carbocycles. The molecule has 1 aromatic heterocycles. The van der Waals surface area contributed by atoms with Gasteiger partial charge in [0.05, 0.1) is 6.54 Å². The fourth-order valence-corrected chi connectivity index (χ4v) is 2.19. The average molecular weight is 267 g/mol. The summed E-state index contributed by atoms with van der Waals surface area (Å²) >= 11 is 0. The third kappa shape index (κ3) is 3.43. The number of H-pyrrole nitrogens is 1. The van der Waals surface area contributed by atoms with Crippen molar-refractivity contribution < 1.29 is 14.7 Å². The average Bonchev–Trinajstić information content (AvgIpc) is 2.77. The van der Waals surface area contributed by atoms with Gasteiger partial charge in [-0.05, 0) is 12.8 Å². The number of hydrogen-bond donors (Lipinski definition) is 3. The van der Waals surface area contributed by atoms with Gasteiger partial charge in [-0.15, -0.1) is 0 Å². The minimum Gasteiger partial charge on any atom is -0.480 e. The van der Waals surface area contributed by atoms with E-state index < -0.39 is 12.0 Å². The van der Waals surface area contributed by atoms with Gasteiger partial charge in [-0.1, -0.05) is 12.8 Å². The Hall–Kier alpha value is -2.12. The summed E-state index contributed by atoms with van der Waals surface area (Å²) < 4.78 is 0. The third-order valence-corrected chi connectivity index (χ3v) is 3.17. The van der Waals surface area contributed by atoms with Crippen LogP contribution in [0.4, 0.5) is 4.79 Å². The number of nitrogens with one attached hydrogen (secondary N) is 2. The number of carbonyl (C=O) groups excluding carboxylic acids is 1. The Balaban J connectivity index is 1.96. The first-order chi connectivity index (χ1) is 9.18. The number of aromatic amines is 1. The summed E-state index contributed by atoms with van der Waals surface area (Å²) in [7, 11) is 0. The van der Waals surface area contributed by atoms with Gasteiger partial charge in [0.25, 0.3) is 0 Å². The molecule has 104 valence electrons. The Labute approximate surface area is 110 Å². The van der Waals surface area contributed by atoms with Crippen molar-refractivity contribution in [2.75, 3.05) is 6.54 Å². The summed E-state index contributed by atoms with van der Waals surface area (Å²) in [6, 6.07) is -1.11. The molecule has 19 heavy (non-hydrogen) atoms. The van der Waals surface area contributed by atoms with Crippen LogP contribution in [-0.2, 0) is 11.3 Å². The summed E-state index contributed by atoms with van der Waals surface area (Å²) in [6.07, 6.45) is 4.48. The van der Waals surface area contributed by atoms with Crippen molar-refractivity contribution in [2.45, 2.75) is 38.3 Å². The molecule has 2 rings (SSSR count). The number of amides is 2. The number of hydrogen-bond acceptors (Lipinski definition) is 4. The molecule has 1 unspecified atom stereocenters. The van der Waals surface area contributed by atoms with E-state index in [1.807, 2.05) is 0 Å². The van der Waals surface area contributed by atoms with Crippen LogP contribution in [0, 0.1) is 0 Å². The number of nitrogens with zero attached hydrogens (tertiary/aromatic N) is 3. The van der Waals surface area contributed by atoms with Crippen LogP contribution < -0.4 is 5.32 Å². The second-order valence-electron chi connectivity index (χ2n) is 4.49. The lowest BCUT2D eigenvalue weighted by Gasteiger charge is -2.26. The number of urea groups is 1. The van der Waals surface area contributed by atoms with Crippen LogP contribution in [0.2, 0.25) is 0 Å². The molecule has 1 aromatic rings. The second-order valence-corrected chi connectivity index (χ2v) is 4.49. The zero-order valence-corrected chi connectivity index (χ0v) is 10.5. The Kier molecular flexibility index (Phi) is 4.32. The lowest BCUT2D eigenvalue weighted by atomic mass is 10.1. The molecule has 3 N–H and O–H groups in total. The van der Waals surface area contributed by atoms with Gasteiger partial charge < -0.3 is 15.3 Å². The van der Waals surface area contributed by atoms with Crippen LogP contribution >= 0.6 is 0 Å². The minimum absolute atomic E-state index is 0.210. The lowest BCUT2D eigenvalue weighted by Crippen LogP contribution is -2.49. The monoisotopic (exact) mass is 267 g/mol. The maximum Gasteiger partial charge on any atom is 0.326 e. The third-order valence-electron chi connectivity index (χ3n) is 3.17. The molecule has 0 spiro atoms. The highest BCUT2D eigenvalue weighted by atomic mass is 16.4. The van der Waals surface area contributed by atoms with E-state index in [2.05, 4.69) is 20.5 Å². The topological polar surface area (TPSA) is 111 Å². The van der Waals surface area contributed by atoms with Gasteiger partial charge in [0.15, 0.2) is 0 Å². The first-order valence-electron chi connectivity index (χ1n) is 6.30. The van der Waals surface area contributed by atoms with Gasteiger partial charge in [0, 0.05) is 6.54 Å². The van der Waals surface area contributed by atoms with E-state index in [-0.39, 0.29) is 12.6 Å². The van der Waals surface area contributed by atoms with Gasteiger partial charge in [0.1, 0.15) is 18.2 Å². The SMILES string of the molecule is O=C(O)C1CCCCCN1C(=O)NCc1ncn[nH]1. The van der Waals surface area contributed by atoms with Crippen LogP contribution in [0.15, 0.2) is 6.33 Å². The highest BCUT2D eigenvalue weighted by molar-refractivity contribution is 5.82. The van der Waals surface area contributed by atoms with Crippen molar-refractivity contribution in [1.29, 1.82) is 0 Å². The van der Waals surface area contributed by atoms with E-state index in [0.29, 0.717) is 18.8 Å². The Morgan fingerprint density at radius 3 is 3.00 bits per heavy atom. The van der Waals surface area contributed by atoms with Gasteiger partial charge in [0.2, 0.25) is 0 Å². The van der Waals surface area contributed by atoms with Crippen molar-refractivity contribution in [3.05, 3.63) is 12.2 Å². The first kappa shape index (κ1) is 13.3. The number of likely N-dealkylation sites (tertiary alicyclic amines) is 1. The summed E-state index contributed by atoms with van der Waals surface area (Å²) in [5.41, 5.74) is 0. The van der Waals surface area contributed by atoms with Crippen molar-refractivity contribution in [3.63, 3.8) is 0 Å². The van der Waals surface area contributed by atoms with Gasteiger partial charge in [-0.3, -0.25) is 5.10 Å². The molecule has 1 atom stereocenters. The molecule has 0 aromatic carbocycles. The smallest absolute Gasteiger partial charge is 0.326 e. The van der Waals surface area contributed by atoms with Crippen LogP contribution in [0.25, 0.3) is 0 Å². The zero-order valence-electron chi connectivity index (χ0n) is 10.5. The van der Waals surface area contributed by atoms with E-state index in [1.54, 1.807) is 0 Å². The highest BCUT2D eigenvalue weighted by Gasteiger charge is 2.30. The van der Waals surface area contributed by atoms with E-state index in [0.717, 1.165) is 19.3 Å². The van der Waals surface area contributed by atoms with Crippen LogP contribution in [0.3, 0.4) is 0 Å². The van der Waals surface area contributed by atoms with E-state index in [1.165, 1.54) is 11.2 Å². The molecule has 2 amide bonds. The van der Waals surface area contributed by atoms with E-state index in [9.17, 15) is 14.7 Å². The van der Waals surface area contributed by atoms with Gasteiger partial charge in [-0.25, -0.2) is 14.6 Å². The Morgan fingerprint density at radius 1 is 1.47 bits per heavy atom. The molecule has 0 bridgehead atoms. The summed E-state index contributed by atoms with van der Waals surface area (Å²) in [5.74, 6) is -0.410. The molecule has 1 saturated heterocycles. The Bertz CT molecular complexity index is 434. The van der Waals surface area contributed by atoms with Crippen molar-refractivity contribution in [3.8, 4) is 0 Å². The number of carboxylic acids is 1. The molecular weight excluding hydrogens is 250 g/mol. The molecule has 0 radical (unpaired) electrons. The summed E-state index contributed by atoms with van der Waals surface area (Å²) in [5, 5.41) is 18.1. The van der Waals surface area contributed by atoms with E-state index >= 15 is 0 Å². The molecule has 1 aliphatic rings. The van der Waals surface area contributed by atoms with Crippen molar-refractivity contribution in [1.82, 2.24) is 25.4 Å². The van der Waals surface area contributed by atoms with Crippen LogP contribution in [0.1, 0.15) is 31.5 Å². The molecule has 2 heterocycles. The molecule has 8 nitrogen and oxygen atoms in total. The largest absolute Gasteiger partial charge is 0.480 e. The quantitative estimate of drug-likeness (QED) is 0.731. The maximum absolute atomic E-state index is 12.1. The fraction of sp³-hybridized carbons (Fsp3) is 0.636. The van der Waals surface area contributed by atoms with Crippen molar-refractivity contribution >= 4 is 12.0 Å². The molecule has 0 saturated carbocycles. The standard InChI is InChI=1S/C11H17N5O3/c17-10(18)8-4-2-1-3-5-16(8)11(19)12-6-9-13-7-14-15-9/h7-8H,1-6H2,(H,12,19)(H,17,18)(H,13,14,15). The normalized spacial score (nSPS) is 19.8. The van der Waals surface area contributed by atoms with Gasteiger partial charge >= 0.3 is 12.0 Å². The van der Waals surface area contributed by atoms with E-state index in [4.69, 9.17) is 0 Å². The molecule has 8 heteroatoms. The van der Waals surface area contributed by atoms with Crippen molar-refractivity contribution in [2.24, 2.45) is 0 Å². The van der Waals surface area contributed by atoms with Crippen LogP contribution in [-0.4, -0.2) is 49.8 Å². The predicted molar refractivity (Wildman–Crippen MR) is 65.2 cm³/mol. The zero-order chi connectivity index (χ0) is 13.7.